The van der Waals surface area contributed by atoms with E-state index < -0.39 is 17.7 Å². The van der Waals surface area contributed by atoms with Gasteiger partial charge in [0.1, 0.15) is 17.3 Å². The van der Waals surface area contributed by atoms with Crippen LogP contribution in [0.1, 0.15) is 43.4 Å². The fraction of sp³-hybridized carbons (Fsp3) is 0.233. The summed E-state index contributed by atoms with van der Waals surface area (Å²) in [6.45, 7) is 2.74. The average molecular weight is 563 g/mol. The van der Waals surface area contributed by atoms with Crippen molar-refractivity contribution in [1.29, 1.82) is 0 Å². The van der Waals surface area contributed by atoms with E-state index in [1.54, 1.807) is 43.5 Å². The highest BCUT2D eigenvalue weighted by atomic mass is 35.5. The first-order chi connectivity index (χ1) is 18.9. The third-order valence-corrected chi connectivity index (χ3v) is 7.83. The first-order valence-electron chi connectivity index (χ1n) is 12.7. The molecule has 2 heterocycles. The van der Waals surface area contributed by atoms with Gasteiger partial charge in [-0.25, -0.2) is 4.98 Å². The number of rotatable bonds is 9. The van der Waals surface area contributed by atoms with Gasteiger partial charge in [0.2, 0.25) is 0 Å². The third-order valence-electron chi connectivity index (χ3n) is 6.56. The zero-order valence-corrected chi connectivity index (χ0v) is 23.1. The number of halogens is 1. The number of ether oxygens (including phenoxy) is 2. The van der Waals surface area contributed by atoms with Crippen molar-refractivity contribution in [3.8, 4) is 11.5 Å². The summed E-state index contributed by atoms with van der Waals surface area (Å²) in [7, 11) is 1.58. The monoisotopic (exact) mass is 562 g/mol. The molecular formula is C30H27ClN2O5S. The normalized spacial score (nSPS) is 16.7. The predicted molar refractivity (Wildman–Crippen MR) is 154 cm³/mol. The van der Waals surface area contributed by atoms with E-state index in [0.29, 0.717) is 44.9 Å². The number of methoxy groups -OCH3 is 1. The van der Waals surface area contributed by atoms with Crippen LogP contribution in [0.4, 0.5) is 5.13 Å². The van der Waals surface area contributed by atoms with Gasteiger partial charge in [-0.2, -0.15) is 0 Å². The molecule has 1 N–H and O–H groups in total. The second-order valence-electron chi connectivity index (χ2n) is 9.13. The van der Waals surface area contributed by atoms with Crippen LogP contribution < -0.4 is 14.4 Å². The summed E-state index contributed by atoms with van der Waals surface area (Å²) in [4.78, 5) is 32.9. The van der Waals surface area contributed by atoms with Gasteiger partial charge in [0.15, 0.2) is 5.13 Å². The number of Topliss-reactive ketones (excluding diaryl/α,β-unsaturated/α-hetero) is 1. The number of thiazole rings is 1. The first-order valence-corrected chi connectivity index (χ1v) is 13.8. The Morgan fingerprint density at radius 2 is 1.74 bits per heavy atom. The van der Waals surface area contributed by atoms with Gasteiger partial charge in [-0.05, 0) is 66.6 Å². The number of carbonyl (C=O) groups is 2. The highest BCUT2D eigenvalue weighted by Crippen LogP contribution is 2.45. The molecule has 0 bridgehead atoms. The van der Waals surface area contributed by atoms with E-state index in [-0.39, 0.29) is 11.3 Å². The molecule has 0 spiro atoms. The minimum atomic E-state index is -0.891. The van der Waals surface area contributed by atoms with Crippen molar-refractivity contribution in [3.05, 3.63) is 88.5 Å². The summed E-state index contributed by atoms with van der Waals surface area (Å²) >= 11 is 7.30. The summed E-state index contributed by atoms with van der Waals surface area (Å²) in [5.74, 6) is -0.476. The minimum Gasteiger partial charge on any atom is -0.507 e. The summed E-state index contributed by atoms with van der Waals surface area (Å²) in [6.07, 6.45) is 3.15. The van der Waals surface area contributed by atoms with Gasteiger partial charge in [-0.1, -0.05) is 54.8 Å². The van der Waals surface area contributed by atoms with Crippen LogP contribution in [0, 0.1) is 0 Å². The molecule has 3 aromatic carbocycles. The molecule has 7 nitrogen and oxygen atoms in total. The molecule has 1 aromatic heterocycles. The zero-order valence-electron chi connectivity index (χ0n) is 21.5. The van der Waals surface area contributed by atoms with Crippen molar-refractivity contribution in [2.75, 3.05) is 18.6 Å². The Kier molecular flexibility index (Phi) is 7.86. The van der Waals surface area contributed by atoms with Gasteiger partial charge < -0.3 is 14.6 Å². The van der Waals surface area contributed by atoms with Crippen molar-refractivity contribution in [3.63, 3.8) is 0 Å². The Hall–Kier alpha value is -3.88. The Morgan fingerprint density at radius 1 is 1.03 bits per heavy atom. The molecule has 1 atom stereocenters. The van der Waals surface area contributed by atoms with Gasteiger partial charge in [0, 0.05) is 10.6 Å². The molecule has 9 heteroatoms. The van der Waals surface area contributed by atoms with E-state index in [2.05, 4.69) is 11.9 Å². The van der Waals surface area contributed by atoms with Crippen LogP contribution in [-0.2, 0) is 9.59 Å². The molecule has 1 aliphatic heterocycles. The maximum atomic E-state index is 13.5. The van der Waals surface area contributed by atoms with E-state index in [1.807, 2.05) is 30.3 Å². The topological polar surface area (TPSA) is 89.0 Å². The molecule has 39 heavy (non-hydrogen) atoms. The van der Waals surface area contributed by atoms with E-state index in [9.17, 15) is 14.7 Å². The van der Waals surface area contributed by atoms with Gasteiger partial charge in [0.25, 0.3) is 5.78 Å². The number of aromatic nitrogens is 1. The number of ketones is 1. The van der Waals surface area contributed by atoms with E-state index in [1.165, 1.54) is 16.2 Å². The molecule has 1 fully saturated rings. The fourth-order valence-electron chi connectivity index (χ4n) is 4.52. The number of benzene rings is 3. The number of fused-ring (bicyclic) bond motifs is 1. The highest BCUT2D eigenvalue weighted by Gasteiger charge is 2.48. The molecular weight excluding hydrogens is 536 g/mol. The number of hydrogen-bond acceptors (Lipinski definition) is 7. The van der Waals surface area contributed by atoms with Gasteiger partial charge in [0.05, 0.1) is 35.5 Å². The Morgan fingerprint density at radius 3 is 2.44 bits per heavy atom. The fourth-order valence-corrected chi connectivity index (χ4v) is 5.67. The zero-order chi connectivity index (χ0) is 27.5. The lowest BCUT2D eigenvalue weighted by Crippen LogP contribution is -2.29. The molecule has 4 aromatic rings. The van der Waals surface area contributed by atoms with Crippen molar-refractivity contribution < 1.29 is 24.2 Å². The number of aliphatic hydroxyl groups is 1. The summed E-state index contributed by atoms with van der Waals surface area (Å²) in [5.41, 5.74) is 1.68. The maximum Gasteiger partial charge on any atom is 0.301 e. The number of hydrogen-bond donors (Lipinski definition) is 1. The number of unbranched alkanes of at least 4 members (excludes halogenated alkanes) is 2. The second kappa shape index (κ2) is 11.5. The molecule has 1 saturated heterocycles. The lowest BCUT2D eigenvalue weighted by molar-refractivity contribution is -0.132. The average Bonchev–Trinajstić information content (AvgIpc) is 3.49. The van der Waals surface area contributed by atoms with Crippen LogP contribution in [-0.4, -0.2) is 35.5 Å². The molecule has 1 aliphatic rings. The van der Waals surface area contributed by atoms with Gasteiger partial charge in [-0.15, -0.1) is 0 Å². The van der Waals surface area contributed by atoms with Crippen molar-refractivity contribution in [2.24, 2.45) is 0 Å². The van der Waals surface area contributed by atoms with Crippen molar-refractivity contribution in [1.82, 2.24) is 4.98 Å². The van der Waals surface area contributed by atoms with Crippen LogP contribution >= 0.6 is 22.9 Å². The third kappa shape index (κ3) is 5.35. The molecule has 0 aliphatic carbocycles. The Labute approximate surface area is 235 Å². The Balaban J connectivity index is 1.60. The molecule has 200 valence electrons. The second-order valence-corrected chi connectivity index (χ2v) is 10.6. The van der Waals surface area contributed by atoms with E-state index >= 15 is 0 Å². The quantitative estimate of drug-likeness (QED) is 0.101. The predicted octanol–water partition coefficient (Wildman–Crippen LogP) is 7.15. The van der Waals surface area contributed by atoms with Gasteiger partial charge in [-0.3, -0.25) is 14.5 Å². The number of carbonyl (C=O) groups excluding carboxylic acids is 2. The molecule has 0 saturated carbocycles. The Bertz CT molecular complexity index is 1550. The number of nitrogens with zero attached hydrogens (tertiary/aromatic N) is 2. The molecule has 1 amide bonds. The first kappa shape index (κ1) is 26.7. The molecule has 1 unspecified atom stereocenters. The van der Waals surface area contributed by atoms with E-state index in [4.69, 9.17) is 21.1 Å². The lowest BCUT2D eigenvalue weighted by Gasteiger charge is -2.23. The number of anilines is 1. The maximum absolute atomic E-state index is 13.5. The van der Waals surface area contributed by atoms with Crippen LogP contribution in [0.5, 0.6) is 11.5 Å². The molecule has 5 rings (SSSR count). The minimum absolute atomic E-state index is 0.0178. The summed E-state index contributed by atoms with van der Waals surface area (Å²) < 4.78 is 12.0. The standard InChI is InChI=1S/C30H27ClN2O5S/c1-3-4-5-16-38-21-12-8-18(9-13-21)26-25(27(34)19-6-10-20(31)11-7-19)28(35)29(36)33(26)30-32-23-15-14-22(37-2)17-24(23)39-30/h6-15,17,26,34H,3-5,16H2,1-2H3. The van der Waals surface area contributed by atoms with Crippen molar-refractivity contribution >= 4 is 55.7 Å². The highest BCUT2D eigenvalue weighted by molar-refractivity contribution is 7.22. The lowest BCUT2D eigenvalue weighted by atomic mass is 9.95. The smallest absolute Gasteiger partial charge is 0.301 e. The number of amides is 1. The largest absolute Gasteiger partial charge is 0.507 e. The summed E-state index contributed by atoms with van der Waals surface area (Å²) in [6, 6.07) is 18.2. The summed E-state index contributed by atoms with van der Waals surface area (Å²) in [5, 5.41) is 12.1. The van der Waals surface area contributed by atoms with Crippen LogP contribution in [0.15, 0.2) is 72.3 Å². The van der Waals surface area contributed by atoms with Gasteiger partial charge >= 0.3 is 5.91 Å². The SMILES string of the molecule is CCCCCOc1ccc(C2C(=C(O)c3ccc(Cl)cc3)C(=O)C(=O)N2c2nc3ccc(OC)cc3s2)cc1. The van der Waals surface area contributed by atoms with Crippen molar-refractivity contribution in [2.45, 2.75) is 32.2 Å². The van der Waals surface area contributed by atoms with Crippen LogP contribution in [0.2, 0.25) is 5.02 Å². The van der Waals surface area contributed by atoms with Crippen LogP contribution in [0.25, 0.3) is 16.0 Å². The number of aliphatic hydroxyl groups excluding tert-OH is 1. The molecule has 0 radical (unpaired) electrons. The van der Waals surface area contributed by atoms with E-state index in [0.717, 1.165) is 24.0 Å². The van der Waals surface area contributed by atoms with Crippen LogP contribution in [0.3, 0.4) is 0 Å².